The first-order valence-electron chi connectivity index (χ1n) is 8.82. The van der Waals surface area contributed by atoms with Crippen LogP contribution in [0.1, 0.15) is 36.0 Å². The number of halogens is 2. The van der Waals surface area contributed by atoms with Crippen molar-refractivity contribution >= 4 is 23.6 Å². The molecular weight excluding hydrogens is 360 g/mol. The van der Waals surface area contributed by atoms with Crippen molar-refractivity contribution in [1.82, 2.24) is 10.2 Å². The normalized spacial score (nSPS) is 17.4. The fourth-order valence-electron chi connectivity index (χ4n) is 3.09. The van der Waals surface area contributed by atoms with Crippen molar-refractivity contribution in [3.63, 3.8) is 0 Å². The van der Waals surface area contributed by atoms with E-state index in [1.807, 2.05) is 4.90 Å². The number of ether oxygens (including phenoxy) is 1. The SMILES string of the molecule is COC(=O)c1cc(NC(=O)NC2CCN(C(=O)C3CC3)CC2)c(F)cc1F. The number of anilines is 1. The van der Waals surface area contributed by atoms with E-state index in [1.54, 1.807) is 0 Å². The minimum atomic E-state index is -1.07. The minimum absolute atomic E-state index is 0.156. The number of piperidine rings is 1. The van der Waals surface area contributed by atoms with Gasteiger partial charge in [-0.1, -0.05) is 0 Å². The van der Waals surface area contributed by atoms with Gasteiger partial charge in [0.05, 0.1) is 18.4 Å². The summed E-state index contributed by atoms with van der Waals surface area (Å²) in [6, 6.07) is 0.594. The summed E-state index contributed by atoms with van der Waals surface area (Å²) in [5.74, 6) is -2.69. The van der Waals surface area contributed by atoms with Crippen LogP contribution >= 0.6 is 0 Å². The van der Waals surface area contributed by atoms with Crippen LogP contribution in [0.15, 0.2) is 12.1 Å². The van der Waals surface area contributed by atoms with Gasteiger partial charge in [0, 0.05) is 31.1 Å². The van der Waals surface area contributed by atoms with Gasteiger partial charge in [-0.2, -0.15) is 0 Å². The van der Waals surface area contributed by atoms with Crippen LogP contribution in [0.5, 0.6) is 0 Å². The molecule has 2 N–H and O–H groups in total. The lowest BCUT2D eigenvalue weighted by Crippen LogP contribution is -2.48. The van der Waals surface area contributed by atoms with Crippen molar-refractivity contribution in [2.24, 2.45) is 5.92 Å². The number of nitrogens with zero attached hydrogens (tertiary/aromatic N) is 1. The first-order valence-corrected chi connectivity index (χ1v) is 8.82. The van der Waals surface area contributed by atoms with Crippen LogP contribution in [-0.2, 0) is 9.53 Å². The summed E-state index contributed by atoms with van der Waals surface area (Å²) in [6.07, 6.45) is 3.11. The van der Waals surface area contributed by atoms with Crippen LogP contribution in [0.2, 0.25) is 0 Å². The first kappa shape index (κ1) is 19.1. The molecule has 0 atom stereocenters. The van der Waals surface area contributed by atoms with Crippen LogP contribution in [0, 0.1) is 17.6 Å². The predicted octanol–water partition coefficient (Wildman–Crippen LogP) is 2.27. The zero-order valence-corrected chi connectivity index (χ0v) is 14.9. The summed E-state index contributed by atoms with van der Waals surface area (Å²) >= 11 is 0. The van der Waals surface area contributed by atoms with Crippen LogP contribution in [0.4, 0.5) is 19.3 Å². The van der Waals surface area contributed by atoms with E-state index >= 15 is 0 Å². The highest BCUT2D eigenvalue weighted by molar-refractivity contribution is 5.94. The molecule has 1 heterocycles. The summed E-state index contributed by atoms with van der Waals surface area (Å²) in [5, 5.41) is 5.00. The van der Waals surface area contributed by atoms with E-state index in [4.69, 9.17) is 0 Å². The van der Waals surface area contributed by atoms with Gasteiger partial charge in [-0.25, -0.2) is 18.4 Å². The molecule has 7 nitrogen and oxygen atoms in total. The van der Waals surface area contributed by atoms with Crippen LogP contribution < -0.4 is 10.6 Å². The lowest BCUT2D eigenvalue weighted by atomic mass is 10.0. The lowest BCUT2D eigenvalue weighted by molar-refractivity contribution is -0.133. The molecule has 3 rings (SSSR count). The quantitative estimate of drug-likeness (QED) is 0.784. The molecule has 1 saturated heterocycles. The summed E-state index contributed by atoms with van der Waals surface area (Å²) in [4.78, 5) is 37.5. The molecule has 1 aromatic carbocycles. The minimum Gasteiger partial charge on any atom is -0.465 e. The van der Waals surface area contributed by atoms with Crippen molar-refractivity contribution in [1.29, 1.82) is 0 Å². The zero-order chi connectivity index (χ0) is 19.6. The fraction of sp³-hybridized carbons (Fsp3) is 0.500. The van der Waals surface area contributed by atoms with Crippen molar-refractivity contribution in [2.75, 3.05) is 25.5 Å². The van der Waals surface area contributed by atoms with E-state index < -0.39 is 29.2 Å². The predicted molar refractivity (Wildman–Crippen MR) is 92.2 cm³/mol. The number of rotatable bonds is 4. The Bertz CT molecular complexity index is 759. The Morgan fingerprint density at radius 1 is 1.07 bits per heavy atom. The third-order valence-corrected chi connectivity index (χ3v) is 4.78. The Morgan fingerprint density at radius 2 is 1.74 bits per heavy atom. The van der Waals surface area contributed by atoms with Crippen molar-refractivity contribution in [3.05, 3.63) is 29.3 Å². The molecule has 0 bridgehead atoms. The number of hydrogen-bond donors (Lipinski definition) is 2. The Kier molecular flexibility index (Phi) is 5.57. The Morgan fingerprint density at radius 3 is 2.33 bits per heavy atom. The monoisotopic (exact) mass is 381 g/mol. The second-order valence-corrected chi connectivity index (χ2v) is 6.78. The van der Waals surface area contributed by atoms with Crippen molar-refractivity contribution < 1.29 is 27.9 Å². The maximum Gasteiger partial charge on any atom is 0.340 e. The van der Waals surface area contributed by atoms with Crippen LogP contribution in [-0.4, -0.2) is 49.0 Å². The van der Waals surface area contributed by atoms with Gasteiger partial charge in [0.15, 0.2) is 0 Å². The third kappa shape index (κ3) is 4.53. The average Bonchev–Trinajstić information content (AvgIpc) is 3.48. The highest BCUT2D eigenvalue weighted by atomic mass is 19.1. The molecule has 1 saturated carbocycles. The van der Waals surface area contributed by atoms with Crippen molar-refractivity contribution in [2.45, 2.75) is 31.7 Å². The topological polar surface area (TPSA) is 87.7 Å². The highest BCUT2D eigenvalue weighted by Crippen LogP contribution is 2.31. The second kappa shape index (κ2) is 7.89. The van der Waals surface area contributed by atoms with Gasteiger partial charge in [0.25, 0.3) is 0 Å². The smallest absolute Gasteiger partial charge is 0.340 e. The lowest BCUT2D eigenvalue weighted by Gasteiger charge is -2.32. The number of carbonyl (C=O) groups is 3. The molecule has 0 radical (unpaired) electrons. The van der Waals surface area contributed by atoms with Crippen LogP contribution in [0.3, 0.4) is 0 Å². The Balaban J connectivity index is 1.55. The molecule has 146 valence electrons. The molecule has 1 aromatic rings. The fourth-order valence-corrected chi connectivity index (χ4v) is 3.09. The van der Waals surface area contributed by atoms with Gasteiger partial charge in [-0.05, 0) is 31.7 Å². The van der Waals surface area contributed by atoms with E-state index in [0.29, 0.717) is 32.0 Å². The number of methoxy groups -OCH3 is 1. The van der Waals surface area contributed by atoms with Gasteiger partial charge < -0.3 is 20.3 Å². The number of hydrogen-bond acceptors (Lipinski definition) is 4. The number of likely N-dealkylation sites (tertiary alicyclic amines) is 1. The van der Waals surface area contributed by atoms with E-state index in [1.165, 1.54) is 0 Å². The molecule has 3 amide bonds. The Hall–Kier alpha value is -2.71. The van der Waals surface area contributed by atoms with Crippen LogP contribution in [0.25, 0.3) is 0 Å². The van der Waals surface area contributed by atoms with E-state index in [2.05, 4.69) is 15.4 Å². The number of amides is 3. The summed E-state index contributed by atoms with van der Waals surface area (Å²) in [7, 11) is 1.07. The molecule has 0 spiro atoms. The number of nitrogens with one attached hydrogen (secondary N) is 2. The average molecular weight is 381 g/mol. The second-order valence-electron chi connectivity index (χ2n) is 6.78. The number of carbonyl (C=O) groups excluding carboxylic acids is 3. The molecule has 2 aliphatic rings. The largest absolute Gasteiger partial charge is 0.465 e. The van der Waals surface area contributed by atoms with E-state index in [-0.39, 0.29) is 23.6 Å². The van der Waals surface area contributed by atoms with Crippen molar-refractivity contribution in [3.8, 4) is 0 Å². The molecule has 0 unspecified atom stereocenters. The standard InChI is InChI=1S/C18H21F2N3O4/c1-27-17(25)12-8-15(14(20)9-13(12)19)22-18(26)21-11-4-6-23(7-5-11)16(24)10-2-3-10/h8-11H,2-7H2,1H3,(H2,21,22,26). The molecular formula is C18H21F2N3O4. The third-order valence-electron chi connectivity index (χ3n) is 4.78. The maximum atomic E-state index is 13.9. The molecule has 0 aromatic heterocycles. The van der Waals surface area contributed by atoms with Gasteiger partial charge in [-0.15, -0.1) is 0 Å². The van der Waals surface area contributed by atoms with E-state index in [0.717, 1.165) is 26.0 Å². The van der Waals surface area contributed by atoms with E-state index in [9.17, 15) is 23.2 Å². The maximum absolute atomic E-state index is 13.9. The number of benzene rings is 1. The van der Waals surface area contributed by atoms with Gasteiger partial charge in [0.2, 0.25) is 5.91 Å². The summed E-state index contributed by atoms with van der Waals surface area (Å²) < 4.78 is 31.9. The van der Waals surface area contributed by atoms with Gasteiger partial charge in [-0.3, -0.25) is 4.79 Å². The zero-order valence-electron chi connectivity index (χ0n) is 14.9. The van der Waals surface area contributed by atoms with Gasteiger partial charge >= 0.3 is 12.0 Å². The Labute approximate surface area is 155 Å². The molecule has 9 heteroatoms. The first-order chi connectivity index (χ1) is 12.9. The summed E-state index contributed by atoms with van der Waals surface area (Å²) in [5.41, 5.74) is -0.795. The molecule has 1 aliphatic carbocycles. The molecule has 27 heavy (non-hydrogen) atoms. The van der Waals surface area contributed by atoms with Gasteiger partial charge in [0.1, 0.15) is 11.6 Å². The summed E-state index contributed by atoms with van der Waals surface area (Å²) in [6.45, 7) is 1.13. The highest BCUT2D eigenvalue weighted by Gasteiger charge is 2.35. The number of urea groups is 1. The molecule has 2 fully saturated rings. The molecule has 1 aliphatic heterocycles. The number of esters is 1.